The second kappa shape index (κ2) is 8.91. The molecule has 0 atom stereocenters. The fourth-order valence-electron chi connectivity index (χ4n) is 2.91. The number of aromatic nitrogens is 1. The standard InChI is InChI=1S/C21H11F4N5O6/c22-20(23)21(24,25)36-18-7-11(1-4-17(18)35-20)19(31)29-28-15-3-2-13(9-16(15)30(32)33)34-14-5-6-27-12(8-14)10-26/h1-9,28H,(H,29,31). The van der Waals surface area contributed by atoms with Crippen molar-refractivity contribution in [2.45, 2.75) is 12.2 Å². The Morgan fingerprint density at radius 3 is 2.42 bits per heavy atom. The van der Waals surface area contributed by atoms with Gasteiger partial charge >= 0.3 is 12.2 Å². The van der Waals surface area contributed by atoms with Crippen LogP contribution in [0.3, 0.4) is 0 Å². The predicted molar refractivity (Wildman–Crippen MR) is 111 cm³/mol. The summed E-state index contributed by atoms with van der Waals surface area (Å²) < 4.78 is 66.7. The van der Waals surface area contributed by atoms with Crippen LogP contribution in [-0.4, -0.2) is 28.0 Å². The summed E-state index contributed by atoms with van der Waals surface area (Å²) in [6.45, 7) is 0. The van der Waals surface area contributed by atoms with Gasteiger partial charge < -0.3 is 14.2 Å². The Morgan fingerprint density at radius 1 is 1.03 bits per heavy atom. The molecule has 2 aromatic carbocycles. The van der Waals surface area contributed by atoms with Gasteiger partial charge in [-0.05, 0) is 36.4 Å². The molecule has 11 nitrogen and oxygen atoms in total. The zero-order valence-corrected chi connectivity index (χ0v) is 17.5. The van der Waals surface area contributed by atoms with E-state index in [4.69, 9.17) is 10.00 Å². The molecule has 15 heteroatoms. The second-order valence-corrected chi connectivity index (χ2v) is 7.01. The molecular formula is C21H11F4N5O6. The number of ether oxygens (including phenoxy) is 3. The maximum atomic E-state index is 13.4. The van der Waals surface area contributed by atoms with Crippen molar-refractivity contribution in [1.82, 2.24) is 10.4 Å². The van der Waals surface area contributed by atoms with E-state index in [0.29, 0.717) is 0 Å². The molecule has 36 heavy (non-hydrogen) atoms. The fourth-order valence-corrected chi connectivity index (χ4v) is 2.91. The minimum absolute atomic E-state index is 0.0400. The van der Waals surface area contributed by atoms with Crippen LogP contribution in [0, 0.1) is 21.4 Å². The summed E-state index contributed by atoms with van der Waals surface area (Å²) in [4.78, 5) is 26.9. The maximum absolute atomic E-state index is 13.4. The molecule has 0 radical (unpaired) electrons. The number of amides is 1. The van der Waals surface area contributed by atoms with Crippen LogP contribution in [0.4, 0.5) is 28.9 Å². The third kappa shape index (κ3) is 4.73. The van der Waals surface area contributed by atoms with E-state index >= 15 is 0 Å². The number of anilines is 1. The Kier molecular flexibility index (Phi) is 5.94. The number of carbonyl (C=O) groups is 1. The third-order valence-electron chi connectivity index (χ3n) is 4.58. The zero-order valence-electron chi connectivity index (χ0n) is 17.5. The van der Waals surface area contributed by atoms with Crippen LogP contribution in [0.2, 0.25) is 0 Å². The summed E-state index contributed by atoms with van der Waals surface area (Å²) in [5.41, 5.74) is 3.54. The first-order chi connectivity index (χ1) is 17.0. The van der Waals surface area contributed by atoms with Gasteiger partial charge in [0.05, 0.1) is 11.0 Å². The van der Waals surface area contributed by atoms with Gasteiger partial charge in [0.1, 0.15) is 28.9 Å². The number of fused-ring (bicyclic) bond motifs is 1. The number of nitriles is 1. The number of nitrogens with zero attached hydrogens (tertiary/aromatic N) is 3. The van der Waals surface area contributed by atoms with Crippen LogP contribution in [0.25, 0.3) is 0 Å². The molecule has 184 valence electrons. The van der Waals surface area contributed by atoms with Gasteiger partial charge in [-0.1, -0.05) is 0 Å². The van der Waals surface area contributed by atoms with Gasteiger partial charge in [-0.3, -0.25) is 25.8 Å². The average molecular weight is 505 g/mol. The highest BCUT2D eigenvalue weighted by Gasteiger charge is 2.65. The van der Waals surface area contributed by atoms with Crippen molar-refractivity contribution >= 4 is 17.3 Å². The Hall–Kier alpha value is -5.13. The SMILES string of the molecule is N#Cc1cc(Oc2ccc(NNC(=O)c3ccc4c(c3)OC(F)(F)C(F)(F)O4)c([N+](=O)[O-])c2)ccn1. The normalized spacial score (nSPS) is 14.8. The topological polar surface area (TPSA) is 149 Å². The number of carbonyl (C=O) groups excluding carboxylic acids is 1. The Morgan fingerprint density at radius 2 is 1.72 bits per heavy atom. The van der Waals surface area contributed by atoms with Gasteiger partial charge in [0.2, 0.25) is 0 Å². The van der Waals surface area contributed by atoms with E-state index in [1.807, 2.05) is 6.07 Å². The van der Waals surface area contributed by atoms with Crippen molar-refractivity contribution in [3.8, 4) is 29.1 Å². The number of halogens is 4. The molecule has 0 saturated carbocycles. The first-order valence-corrected chi connectivity index (χ1v) is 9.65. The molecule has 1 aliphatic rings. The molecule has 3 aromatic rings. The molecule has 0 bridgehead atoms. The fraction of sp³-hybridized carbons (Fsp3) is 0.0952. The second-order valence-electron chi connectivity index (χ2n) is 7.01. The van der Waals surface area contributed by atoms with Gasteiger partial charge in [-0.2, -0.15) is 22.8 Å². The number of rotatable bonds is 6. The number of nitro groups is 1. The Balaban J connectivity index is 1.48. The lowest BCUT2D eigenvalue weighted by atomic mass is 10.2. The first kappa shape index (κ1) is 24.0. The van der Waals surface area contributed by atoms with Crippen molar-refractivity contribution < 1.29 is 41.5 Å². The first-order valence-electron chi connectivity index (χ1n) is 9.65. The van der Waals surface area contributed by atoms with Crippen LogP contribution in [0.1, 0.15) is 16.1 Å². The summed E-state index contributed by atoms with van der Waals surface area (Å²) in [6, 6.07) is 10.7. The van der Waals surface area contributed by atoms with Crippen LogP contribution in [0.5, 0.6) is 23.0 Å². The number of nitrogens with one attached hydrogen (secondary N) is 2. The monoisotopic (exact) mass is 505 g/mol. The Bertz CT molecular complexity index is 1410. The highest BCUT2D eigenvalue weighted by Crippen LogP contribution is 2.47. The molecule has 1 aromatic heterocycles. The molecule has 0 unspecified atom stereocenters. The quantitative estimate of drug-likeness (QED) is 0.283. The summed E-state index contributed by atoms with van der Waals surface area (Å²) in [6.07, 6.45) is -8.56. The summed E-state index contributed by atoms with van der Waals surface area (Å²) in [5, 5.41) is 20.4. The van der Waals surface area contributed by atoms with Crippen molar-refractivity contribution in [2.75, 3.05) is 5.43 Å². The van der Waals surface area contributed by atoms with Gasteiger partial charge in [0.15, 0.2) is 11.5 Å². The largest absolute Gasteiger partial charge is 0.507 e. The van der Waals surface area contributed by atoms with E-state index < -0.39 is 40.2 Å². The van der Waals surface area contributed by atoms with E-state index in [0.717, 1.165) is 24.3 Å². The molecule has 0 aliphatic carbocycles. The van der Waals surface area contributed by atoms with Crippen LogP contribution in [-0.2, 0) is 0 Å². The molecular weight excluding hydrogens is 494 g/mol. The highest BCUT2D eigenvalue weighted by atomic mass is 19.3. The van der Waals surface area contributed by atoms with Gasteiger partial charge in [-0.25, -0.2) is 4.98 Å². The summed E-state index contributed by atoms with van der Waals surface area (Å²) in [7, 11) is 0. The van der Waals surface area contributed by atoms with Crippen LogP contribution in [0.15, 0.2) is 54.7 Å². The van der Waals surface area contributed by atoms with Crippen molar-refractivity contribution in [3.63, 3.8) is 0 Å². The highest BCUT2D eigenvalue weighted by molar-refractivity contribution is 5.95. The molecule has 0 spiro atoms. The summed E-state index contributed by atoms with van der Waals surface area (Å²) >= 11 is 0. The average Bonchev–Trinajstić information content (AvgIpc) is 2.83. The van der Waals surface area contributed by atoms with E-state index in [1.54, 1.807) is 0 Å². The lowest BCUT2D eigenvalue weighted by molar-refractivity contribution is -0.391. The number of hydrazine groups is 1. The lowest BCUT2D eigenvalue weighted by Gasteiger charge is -2.31. The van der Waals surface area contributed by atoms with Crippen LogP contribution < -0.4 is 25.1 Å². The number of pyridine rings is 1. The molecule has 0 saturated heterocycles. The maximum Gasteiger partial charge on any atom is 0.507 e. The number of hydrogen-bond donors (Lipinski definition) is 2. The van der Waals surface area contributed by atoms with Crippen molar-refractivity contribution in [1.29, 1.82) is 5.26 Å². The molecule has 1 amide bonds. The number of hydrogen-bond acceptors (Lipinski definition) is 9. The minimum Gasteiger partial charge on any atom is -0.457 e. The molecule has 4 rings (SSSR count). The Labute approximate surface area is 197 Å². The molecule has 2 heterocycles. The van der Waals surface area contributed by atoms with E-state index in [9.17, 15) is 32.5 Å². The zero-order chi connectivity index (χ0) is 26.1. The van der Waals surface area contributed by atoms with Gasteiger partial charge in [0, 0.05) is 17.8 Å². The van der Waals surface area contributed by atoms with E-state index in [2.05, 4.69) is 25.3 Å². The predicted octanol–water partition coefficient (Wildman–Crippen LogP) is 4.37. The van der Waals surface area contributed by atoms with Crippen molar-refractivity contribution in [3.05, 3.63) is 76.1 Å². The van der Waals surface area contributed by atoms with E-state index in [-0.39, 0.29) is 28.4 Å². The molecule has 1 aliphatic heterocycles. The summed E-state index contributed by atoms with van der Waals surface area (Å²) in [5.74, 6) is -2.23. The van der Waals surface area contributed by atoms with Crippen molar-refractivity contribution in [2.24, 2.45) is 0 Å². The smallest absolute Gasteiger partial charge is 0.457 e. The number of nitro benzene ring substituents is 1. The molecule has 2 N–H and O–H groups in total. The van der Waals surface area contributed by atoms with Crippen LogP contribution >= 0.6 is 0 Å². The number of alkyl halides is 4. The lowest BCUT2D eigenvalue weighted by Crippen LogP contribution is -2.52. The van der Waals surface area contributed by atoms with E-state index in [1.165, 1.54) is 30.5 Å². The van der Waals surface area contributed by atoms with Gasteiger partial charge in [0.25, 0.3) is 11.6 Å². The van der Waals surface area contributed by atoms with Gasteiger partial charge in [-0.15, -0.1) is 0 Å². The third-order valence-corrected chi connectivity index (χ3v) is 4.58. The number of benzene rings is 2. The minimum atomic E-state index is -4.97. The molecule has 0 fully saturated rings.